The van der Waals surface area contributed by atoms with Gasteiger partial charge in [0.05, 0.1) is 0 Å². The molecule has 2 N–H and O–H groups in total. The highest BCUT2D eigenvalue weighted by molar-refractivity contribution is 5.88. The molecular weight excluding hydrogens is 174 g/mol. The summed E-state index contributed by atoms with van der Waals surface area (Å²) in [5.74, 6) is 0.141. The molecule has 14 heavy (non-hydrogen) atoms. The lowest BCUT2D eigenvalue weighted by atomic mass is 10.1. The smallest absolute Gasteiger partial charge is 0.155 e. The van der Waals surface area contributed by atoms with E-state index in [9.17, 15) is 4.79 Å². The van der Waals surface area contributed by atoms with Crippen LogP contribution >= 0.6 is 0 Å². The molecule has 0 radical (unpaired) electrons. The first-order valence-corrected chi connectivity index (χ1v) is 5.53. The van der Waals surface area contributed by atoms with E-state index in [4.69, 9.17) is 5.73 Å². The van der Waals surface area contributed by atoms with E-state index in [2.05, 4.69) is 20.4 Å². The van der Waals surface area contributed by atoms with E-state index in [0.29, 0.717) is 12.5 Å². The predicted molar refractivity (Wildman–Crippen MR) is 63.3 cm³/mol. The predicted octanol–water partition coefficient (Wildman–Crippen LogP) is 3.07. The summed E-state index contributed by atoms with van der Waals surface area (Å²) in [6, 6.07) is 0.449. The molecule has 0 aromatic rings. The number of rotatable bonds is 6. The van der Waals surface area contributed by atoms with Crippen LogP contribution in [0.15, 0.2) is 12.7 Å². The zero-order valence-corrected chi connectivity index (χ0v) is 9.88. The highest BCUT2D eigenvalue weighted by atomic mass is 16.1. The van der Waals surface area contributed by atoms with Crippen LogP contribution in [0.2, 0.25) is 0 Å². The van der Waals surface area contributed by atoms with Gasteiger partial charge in [-0.05, 0) is 25.3 Å². The van der Waals surface area contributed by atoms with Crippen LogP contribution in [-0.4, -0.2) is 11.8 Å². The number of hydrogen-bond acceptors (Lipinski definition) is 2. The third kappa shape index (κ3) is 13.9. The number of hydrogen-bond donors (Lipinski definition) is 1. The van der Waals surface area contributed by atoms with Gasteiger partial charge in [-0.25, -0.2) is 0 Å². The van der Waals surface area contributed by atoms with Crippen molar-refractivity contribution in [1.29, 1.82) is 0 Å². The lowest BCUT2D eigenvalue weighted by Gasteiger charge is -2.03. The van der Waals surface area contributed by atoms with Crippen molar-refractivity contribution in [3.05, 3.63) is 12.7 Å². The molecule has 84 valence electrons. The fraction of sp³-hybridized carbons (Fsp3) is 0.750. The first kappa shape index (κ1) is 15.8. The molecule has 2 heteroatoms. The molecule has 0 heterocycles. The van der Waals surface area contributed by atoms with Gasteiger partial charge in [0.15, 0.2) is 5.78 Å². The van der Waals surface area contributed by atoms with Crippen molar-refractivity contribution in [3.8, 4) is 0 Å². The van der Waals surface area contributed by atoms with Crippen LogP contribution in [0.3, 0.4) is 0 Å². The summed E-state index contributed by atoms with van der Waals surface area (Å²) >= 11 is 0. The Morgan fingerprint density at radius 2 is 1.93 bits per heavy atom. The van der Waals surface area contributed by atoms with E-state index in [1.807, 2.05) is 6.92 Å². The Labute approximate surface area is 88.6 Å². The fourth-order valence-corrected chi connectivity index (χ4v) is 0.923. The van der Waals surface area contributed by atoms with Gasteiger partial charge >= 0.3 is 0 Å². The molecule has 0 bridgehead atoms. The van der Waals surface area contributed by atoms with Gasteiger partial charge in [0.1, 0.15) is 0 Å². The van der Waals surface area contributed by atoms with Crippen molar-refractivity contribution >= 4 is 5.78 Å². The van der Waals surface area contributed by atoms with E-state index in [0.717, 1.165) is 12.8 Å². The summed E-state index contributed by atoms with van der Waals surface area (Å²) in [7, 11) is 0. The summed E-state index contributed by atoms with van der Waals surface area (Å²) < 4.78 is 0. The Hall–Kier alpha value is -0.630. The second-order valence-electron chi connectivity index (χ2n) is 3.38. The highest BCUT2D eigenvalue weighted by Crippen LogP contribution is 1.95. The van der Waals surface area contributed by atoms with Gasteiger partial charge in [0.2, 0.25) is 0 Å². The van der Waals surface area contributed by atoms with Gasteiger partial charge in [-0.15, -0.1) is 0 Å². The second-order valence-corrected chi connectivity index (χ2v) is 3.38. The van der Waals surface area contributed by atoms with Gasteiger partial charge in [-0.1, -0.05) is 33.8 Å². The van der Waals surface area contributed by atoms with E-state index < -0.39 is 0 Å². The van der Waals surface area contributed by atoms with Crippen LogP contribution in [0, 0.1) is 0 Å². The molecule has 1 atom stereocenters. The molecule has 2 nitrogen and oxygen atoms in total. The van der Waals surface area contributed by atoms with Crippen LogP contribution in [0.5, 0.6) is 0 Å². The number of carbonyl (C=O) groups excluding carboxylic acids is 1. The molecule has 0 saturated carbocycles. The maximum absolute atomic E-state index is 10.3. The summed E-state index contributed by atoms with van der Waals surface area (Å²) in [6.45, 7) is 9.59. The molecule has 0 aromatic heterocycles. The van der Waals surface area contributed by atoms with Gasteiger partial charge in [-0.2, -0.15) is 0 Å². The van der Waals surface area contributed by atoms with Gasteiger partial charge < -0.3 is 5.73 Å². The van der Waals surface area contributed by atoms with Crippen molar-refractivity contribution in [1.82, 2.24) is 0 Å². The zero-order valence-electron chi connectivity index (χ0n) is 9.88. The summed E-state index contributed by atoms with van der Waals surface area (Å²) in [4.78, 5) is 10.3. The molecule has 0 aliphatic heterocycles. The van der Waals surface area contributed by atoms with Crippen molar-refractivity contribution in [2.24, 2.45) is 5.73 Å². The fourth-order valence-electron chi connectivity index (χ4n) is 0.923. The van der Waals surface area contributed by atoms with E-state index in [1.165, 1.54) is 18.9 Å². The van der Waals surface area contributed by atoms with Gasteiger partial charge in [0, 0.05) is 12.5 Å². The molecule has 0 saturated heterocycles. The first-order chi connectivity index (χ1) is 6.62. The van der Waals surface area contributed by atoms with Crippen LogP contribution < -0.4 is 5.73 Å². The third-order valence-corrected chi connectivity index (χ3v) is 1.91. The Morgan fingerprint density at radius 1 is 1.36 bits per heavy atom. The molecule has 0 fully saturated rings. The normalized spacial score (nSPS) is 11.1. The lowest BCUT2D eigenvalue weighted by Crippen LogP contribution is -2.17. The standard InChI is InChI=1S/C6H15N.C6H10O/c2*1-3-5-6(7)4-2/h6H,3-5,7H2,1-2H3;4H,2-3,5H2,1H3. The molecular formula is C12H25NO. The summed E-state index contributed by atoms with van der Waals surface area (Å²) in [5.41, 5.74) is 5.58. The molecule has 0 aliphatic rings. The summed E-state index contributed by atoms with van der Waals surface area (Å²) in [5, 5.41) is 0. The maximum Gasteiger partial charge on any atom is 0.155 e. The average molecular weight is 199 g/mol. The lowest BCUT2D eigenvalue weighted by molar-refractivity contribution is -0.114. The summed E-state index contributed by atoms with van der Waals surface area (Å²) in [6.07, 6.45) is 6.44. The van der Waals surface area contributed by atoms with Crippen molar-refractivity contribution in [3.63, 3.8) is 0 Å². The molecule has 0 rings (SSSR count). The molecule has 0 amide bonds. The molecule has 1 unspecified atom stereocenters. The Morgan fingerprint density at radius 3 is 2.07 bits per heavy atom. The molecule has 0 aliphatic carbocycles. The minimum Gasteiger partial charge on any atom is -0.328 e. The first-order valence-electron chi connectivity index (χ1n) is 5.53. The second kappa shape index (κ2) is 12.4. The Bertz CT molecular complexity index is 143. The zero-order chi connectivity index (χ0) is 11.4. The SMILES string of the molecule is C=CC(=O)CCC.CCCC(N)CC. The molecule has 0 spiro atoms. The van der Waals surface area contributed by atoms with E-state index >= 15 is 0 Å². The van der Waals surface area contributed by atoms with Crippen molar-refractivity contribution < 1.29 is 4.79 Å². The Balaban J connectivity index is 0. The largest absolute Gasteiger partial charge is 0.328 e. The Kier molecular flexibility index (Phi) is 14.0. The van der Waals surface area contributed by atoms with Crippen LogP contribution in [0.1, 0.15) is 52.9 Å². The monoisotopic (exact) mass is 199 g/mol. The molecule has 0 aromatic carbocycles. The van der Waals surface area contributed by atoms with Gasteiger partial charge in [0.25, 0.3) is 0 Å². The highest BCUT2D eigenvalue weighted by Gasteiger charge is 1.92. The number of carbonyl (C=O) groups is 1. The minimum atomic E-state index is 0.141. The quantitative estimate of drug-likeness (QED) is 0.668. The van der Waals surface area contributed by atoms with Crippen molar-refractivity contribution in [2.75, 3.05) is 0 Å². The van der Waals surface area contributed by atoms with Crippen molar-refractivity contribution in [2.45, 2.75) is 58.9 Å². The van der Waals surface area contributed by atoms with Crippen LogP contribution in [-0.2, 0) is 4.79 Å². The average Bonchev–Trinajstić information content (AvgIpc) is 2.19. The van der Waals surface area contributed by atoms with E-state index in [-0.39, 0.29) is 5.78 Å². The van der Waals surface area contributed by atoms with Crippen LogP contribution in [0.25, 0.3) is 0 Å². The third-order valence-electron chi connectivity index (χ3n) is 1.91. The van der Waals surface area contributed by atoms with Gasteiger partial charge in [-0.3, -0.25) is 4.79 Å². The topological polar surface area (TPSA) is 43.1 Å². The maximum atomic E-state index is 10.3. The van der Waals surface area contributed by atoms with Crippen LogP contribution in [0.4, 0.5) is 0 Å². The number of allylic oxidation sites excluding steroid dienone is 1. The van der Waals surface area contributed by atoms with E-state index in [1.54, 1.807) is 0 Å². The minimum absolute atomic E-state index is 0.141. The number of nitrogens with two attached hydrogens (primary N) is 1. The number of ketones is 1.